The van der Waals surface area contributed by atoms with Gasteiger partial charge < -0.3 is 14.4 Å². The second-order valence-corrected chi connectivity index (χ2v) is 5.06. The van der Waals surface area contributed by atoms with Crippen LogP contribution in [0.5, 0.6) is 5.75 Å². The van der Waals surface area contributed by atoms with Gasteiger partial charge in [-0.25, -0.2) is 0 Å². The van der Waals surface area contributed by atoms with E-state index in [1.54, 1.807) is 7.11 Å². The zero-order valence-electron chi connectivity index (χ0n) is 11.8. The van der Waals surface area contributed by atoms with Gasteiger partial charge in [0.2, 0.25) is 0 Å². The molecule has 0 aromatic heterocycles. The Bertz CT molecular complexity index is 430. The van der Waals surface area contributed by atoms with Crippen LogP contribution in [-0.4, -0.2) is 45.2 Å². The predicted molar refractivity (Wildman–Crippen MR) is 73.4 cm³/mol. The van der Waals surface area contributed by atoms with E-state index < -0.39 is 0 Å². The second kappa shape index (κ2) is 6.06. The van der Waals surface area contributed by atoms with Crippen molar-refractivity contribution in [3.8, 4) is 5.75 Å². The summed E-state index contributed by atoms with van der Waals surface area (Å²) < 4.78 is 10.1. The Morgan fingerprint density at radius 3 is 2.53 bits per heavy atom. The molecule has 0 radical (unpaired) electrons. The fraction of sp³-hybridized carbons (Fsp3) is 0.533. The largest absolute Gasteiger partial charge is 0.497 e. The summed E-state index contributed by atoms with van der Waals surface area (Å²) >= 11 is 0. The highest BCUT2D eigenvalue weighted by atomic mass is 16.5. The van der Waals surface area contributed by atoms with Gasteiger partial charge in [0.05, 0.1) is 20.1 Å². The quantitative estimate of drug-likeness (QED) is 0.781. The number of rotatable bonds is 3. The molecule has 4 heteroatoms. The van der Waals surface area contributed by atoms with Crippen LogP contribution in [0.1, 0.15) is 17.9 Å². The molecule has 1 heterocycles. The Morgan fingerprint density at radius 1 is 1.26 bits per heavy atom. The van der Waals surface area contributed by atoms with Crippen LogP contribution in [0, 0.1) is 5.92 Å². The Hall–Kier alpha value is -1.55. The van der Waals surface area contributed by atoms with E-state index in [0.29, 0.717) is 0 Å². The van der Waals surface area contributed by atoms with Gasteiger partial charge in [0.25, 0.3) is 0 Å². The normalized spacial score (nSPS) is 23.9. The van der Waals surface area contributed by atoms with Gasteiger partial charge in [-0.15, -0.1) is 0 Å². The predicted octanol–water partition coefficient (Wildman–Crippen LogP) is 1.90. The number of hydrogen-bond donors (Lipinski definition) is 0. The third kappa shape index (κ3) is 3.07. The summed E-state index contributed by atoms with van der Waals surface area (Å²) in [5.74, 6) is 0.866. The zero-order valence-corrected chi connectivity index (χ0v) is 11.8. The molecule has 0 spiro atoms. The van der Waals surface area contributed by atoms with Crippen LogP contribution in [0.3, 0.4) is 0 Å². The molecule has 1 fully saturated rings. The van der Waals surface area contributed by atoms with E-state index in [0.717, 1.165) is 25.3 Å². The van der Waals surface area contributed by atoms with Gasteiger partial charge in [-0.2, -0.15) is 0 Å². The number of piperidine rings is 1. The molecule has 104 valence electrons. The van der Waals surface area contributed by atoms with E-state index in [1.807, 2.05) is 31.3 Å². The molecule has 0 unspecified atom stereocenters. The average Bonchev–Trinajstić information content (AvgIpc) is 2.46. The van der Waals surface area contributed by atoms with Crippen molar-refractivity contribution in [2.24, 2.45) is 5.92 Å². The SMILES string of the molecule is COC(=O)[C@H]1CN(C)CC[C@@H]1c1ccc(OC)cc1. The Balaban J connectivity index is 2.21. The molecule has 1 aromatic rings. The molecular formula is C15H21NO3. The maximum atomic E-state index is 11.9. The van der Waals surface area contributed by atoms with E-state index in [2.05, 4.69) is 4.90 Å². The Morgan fingerprint density at radius 2 is 1.95 bits per heavy atom. The van der Waals surface area contributed by atoms with Crippen LogP contribution in [0.25, 0.3) is 0 Å². The third-order valence-electron chi connectivity index (χ3n) is 3.86. The summed E-state index contributed by atoms with van der Waals surface area (Å²) in [5, 5.41) is 0. The topological polar surface area (TPSA) is 38.8 Å². The highest BCUT2D eigenvalue weighted by Gasteiger charge is 2.34. The smallest absolute Gasteiger partial charge is 0.310 e. The molecule has 19 heavy (non-hydrogen) atoms. The van der Waals surface area contributed by atoms with Crippen molar-refractivity contribution in [1.82, 2.24) is 4.90 Å². The number of benzene rings is 1. The molecule has 0 saturated carbocycles. The fourth-order valence-corrected chi connectivity index (χ4v) is 2.76. The number of ether oxygens (including phenoxy) is 2. The summed E-state index contributed by atoms with van der Waals surface area (Å²) in [6.07, 6.45) is 0.975. The van der Waals surface area contributed by atoms with Gasteiger partial charge in [0.1, 0.15) is 5.75 Å². The van der Waals surface area contributed by atoms with Crippen LogP contribution < -0.4 is 4.74 Å². The molecule has 1 aromatic carbocycles. The van der Waals surface area contributed by atoms with Gasteiger partial charge in [0, 0.05) is 6.54 Å². The van der Waals surface area contributed by atoms with Crippen molar-refractivity contribution in [3.05, 3.63) is 29.8 Å². The lowest BCUT2D eigenvalue weighted by Gasteiger charge is -2.35. The highest BCUT2D eigenvalue weighted by Crippen LogP contribution is 2.34. The maximum Gasteiger partial charge on any atom is 0.310 e. The first-order valence-corrected chi connectivity index (χ1v) is 6.56. The minimum atomic E-state index is -0.118. The summed E-state index contributed by atoms with van der Waals surface area (Å²) in [4.78, 5) is 14.1. The summed E-state index contributed by atoms with van der Waals surface area (Å²) in [6, 6.07) is 7.99. The first-order chi connectivity index (χ1) is 9.15. The summed E-state index contributed by atoms with van der Waals surface area (Å²) in [6.45, 7) is 1.76. The molecule has 0 amide bonds. The molecule has 1 aliphatic heterocycles. The van der Waals surface area contributed by atoms with Crippen molar-refractivity contribution >= 4 is 5.97 Å². The van der Waals surface area contributed by atoms with Crippen LogP contribution in [-0.2, 0) is 9.53 Å². The standard InChI is InChI=1S/C15H21NO3/c1-16-9-8-13(14(10-16)15(17)19-3)11-4-6-12(18-2)7-5-11/h4-7,13-14H,8-10H2,1-3H3/t13-,14+/m1/s1. The number of esters is 1. The van der Waals surface area contributed by atoms with E-state index in [-0.39, 0.29) is 17.8 Å². The van der Waals surface area contributed by atoms with Gasteiger partial charge in [-0.05, 0) is 43.6 Å². The Labute approximate surface area is 114 Å². The minimum absolute atomic E-state index is 0.0860. The van der Waals surface area contributed by atoms with Crippen molar-refractivity contribution < 1.29 is 14.3 Å². The van der Waals surface area contributed by atoms with Crippen LogP contribution in [0.2, 0.25) is 0 Å². The van der Waals surface area contributed by atoms with Crippen LogP contribution in [0.15, 0.2) is 24.3 Å². The number of likely N-dealkylation sites (tertiary alicyclic amines) is 1. The van der Waals surface area contributed by atoms with Gasteiger partial charge in [-0.3, -0.25) is 4.79 Å². The lowest BCUT2D eigenvalue weighted by Crippen LogP contribution is -2.41. The zero-order chi connectivity index (χ0) is 13.8. The molecule has 2 atom stereocenters. The van der Waals surface area contributed by atoms with E-state index in [1.165, 1.54) is 12.7 Å². The maximum absolute atomic E-state index is 11.9. The molecule has 2 rings (SSSR count). The van der Waals surface area contributed by atoms with Crippen LogP contribution in [0.4, 0.5) is 0 Å². The second-order valence-electron chi connectivity index (χ2n) is 5.06. The summed E-state index contributed by atoms with van der Waals surface area (Å²) in [5.41, 5.74) is 1.18. The number of nitrogens with zero attached hydrogens (tertiary/aromatic N) is 1. The lowest BCUT2D eigenvalue weighted by molar-refractivity contribution is -0.148. The molecule has 0 aliphatic carbocycles. The average molecular weight is 263 g/mol. The summed E-state index contributed by atoms with van der Waals surface area (Å²) in [7, 11) is 5.16. The van der Waals surface area contributed by atoms with Gasteiger partial charge in [-0.1, -0.05) is 12.1 Å². The molecule has 1 saturated heterocycles. The first kappa shape index (κ1) is 13.9. The van der Waals surface area contributed by atoms with E-state index in [4.69, 9.17) is 9.47 Å². The number of methoxy groups -OCH3 is 2. The highest BCUT2D eigenvalue weighted by molar-refractivity contribution is 5.74. The molecule has 0 bridgehead atoms. The number of carbonyl (C=O) groups excluding carboxylic acids is 1. The Kier molecular flexibility index (Phi) is 4.43. The monoisotopic (exact) mass is 263 g/mol. The third-order valence-corrected chi connectivity index (χ3v) is 3.86. The van der Waals surface area contributed by atoms with Crippen LogP contribution >= 0.6 is 0 Å². The lowest BCUT2D eigenvalue weighted by atomic mass is 9.80. The van der Waals surface area contributed by atoms with Crippen molar-refractivity contribution in [1.29, 1.82) is 0 Å². The van der Waals surface area contributed by atoms with Gasteiger partial charge >= 0.3 is 5.97 Å². The molecule has 0 N–H and O–H groups in total. The number of carbonyl (C=O) groups is 1. The molecule has 1 aliphatic rings. The minimum Gasteiger partial charge on any atom is -0.497 e. The first-order valence-electron chi connectivity index (χ1n) is 6.56. The van der Waals surface area contributed by atoms with Crippen molar-refractivity contribution in [3.63, 3.8) is 0 Å². The fourth-order valence-electron chi connectivity index (χ4n) is 2.76. The van der Waals surface area contributed by atoms with Crippen molar-refractivity contribution in [2.75, 3.05) is 34.4 Å². The van der Waals surface area contributed by atoms with Crippen molar-refractivity contribution in [2.45, 2.75) is 12.3 Å². The van der Waals surface area contributed by atoms with E-state index in [9.17, 15) is 4.79 Å². The van der Waals surface area contributed by atoms with Gasteiger partial charge in [0.15, 0.2) is 0 Å². The molecule has 4 nitrogen and oxygen atoms in total. The number of hydrogen-bond acceptors (Lipinski definition) is 4. The molecular weight excluding hydrogens is 242 g/mol. The van der Waals surface area contributed by atoms with E-state index >= 15 is 0 Å².